The van der Waals surface area contributed by atoms with E-state index in [1.807, 2.05) is 37.4 Å². The summed E-state index contributed by atoms with van der Waals surface area (Å²) in [7, 11) is 0. The molecular weight excluding hydrogens is 268 g/mol. The normalized spacial score (nSPS) is 16.4. The van der Waals surface area contributed by atoms with Gasteiger partial charge in [0.05, 0.1) is 4.88 Å². The Hall–Kier alpha value is -2.20. The Balaban J connectivity index is 1.99. The van der Waals surface area contributed by atoms with Crippen molar-refractivity contribution in [2.45, 2.75) is 13.8 Å². The van der Waals surface area contributed by atoms with Gasteiger partial charge in [0.15, 0.2) is 5.84 Å². The van der Waals surface area contributed by atoms with Crippen molar-refractivity contribution in [3.63, 3.8) is 0 Å². The van der Waals surface area contributed by atoms with E-state index < -0.39 is 0 Å². The molecule has 20 heavy (non-hydrogen) atoms. The number of carbonyl (C=O) groups is 1. The van der Waals surface area contributed by atoms with E-state index in [0.29, 0.717) is 11.5 Å². The fourth-order valence-corrected chi connectivity index (χ4v) is 2.73. The minimum Gasteiger partial charge on any atom is -0.304 e. The van der Waals surface area contributed by atoms with Gasteiger partial charge in [-0.1, -0.05) is 29.8 Å². The van der Waals surface area contributed by atoms with E-state index in [0.717, 1.165) is 16.0 Å². The average molecular weight is 282 g/mol. The zero-order valence-corrected chi connectivity index (χ0v) is 12.1. The van der Waals surface area contributed by atoms with Crippen LogP contribution in [0, 0.1) is 13.8 Å². The molecule has 0 atom stereocenters. The number of amides is 1. The first-order chi connectivity index (χ1) is 9.63. The van der Waals surface area contributed by atoms with Crippen LogP contribution in [0.1, 0.15) is 21.6 Å². The lowest BCUT2D eigenvalue weighted by atomic mass is 10.0. The molecule has 2 heterocycles. The van der Waals surface area contributed by atoms with E-state index in [1.54, 1.807) is 11.3 Å². The van der Waals surface area contributed by atoms with E-state index in [4.69, 9.17) is 0 Å². The number of aliphatic imine (C=N–C) groups is 1. The highest BCUT2D eigenvalue weighted by Crippen LogP contribution is 2.20. The summed E-state index contributed by atoms with van der Waals surface area (Å²) in [4.78, 5) is 17.4. The van der Waals surface area contributed by atoms with Gasteiger partial charge >= 0.3 is 0 Å². The summed E-state index contributed by atoms with van der Waals surface area (Å²) in [6.07, 6.45) is 1.85. The van der Waals surface area contributed by atoms with E-state index >= 15 is 0 Å². The predicted molar refractivity (Wildman–Crippen MR) is 82.9 cm³/mol. The molecule has 1 aromatic heterocycles. The molecule has 0 aliphatic carbocycles. The van der Waals surface area contributed by atoms with Gasteiger partial charge in [0.2, 0.25) is 0 Å². The van der Waals surface area contributed by atoms with E-state index in [9.17, 15) is 4.79 Å². The van der Waals surface area contributed by atoms with Crippen molar-refractivity contribution in [3.8, 4) is 0 Å². The third kappa shape index (κ3) is 2.42. The third-order valence-electron chi connectivity index (χ3n) is 3.18. The Kier molecular flexibility index (Phi) is 3.24. The first-order valence-corrected chi connectivity index (χ1v) is 7.24. The number of hydrogen-bond donors (Lipinski definition) is 1. The lowest BCUT2D eigenvalue weighted by Gasteiger charge is -2.02. The number of aryl methyl sites for hydroxylation is 2. The number of thiophene rings is 1. The van der Waals surface area contributed by atoms with Crippen molar-refractivity contribution in [1.29, 1.82) is 0 Å². The van der Waals surface area contributed by atoms with Crippen LogP contribution in [0.2, 0.25) is 0 Å². The van der Waals surface area contributed by atoms with Gasteiger partial charge in [-0.2, -0.15) is 0 Å². The van der Waals surface area contributed by atoms with Gasteiger partial charge in [-0.05, 0) is 42.5 Å². The Bertz CT molecular complexity index is 727. The van der Waals surface area contributed by atoms with Gasteiger partial charge in [-0.15, -0.1) is 11.3 Å². The number of nitrogens with zero attached hydrogens (tertiary/aromatic N) is 1. The maximum Gasteiger partial charge on any atom is 0.275 e. The average Bonchev–Trinajstić information content (AvgIpc) is 3.04. The second-order valence-electron chi connectivity index (χ2n) is 4.78. The number of hydrogen-bond acceptors (Lipinski definition) is 3. The second kappa shape index (κ2) is 5.06. The quantitative estimate of drug-likeness (QED) is 0.844. The van der Waals surface area contributed by atoms with Crippen LogP contribution in [0.5, 0.6) is 0 Å². The van der Waals surface area contributed by atoms with Gasteiger partial charge in [0, 0.05) is 0 Å². The topological polar surface area (TPSA) is 41.5 Å². The molecule has 1 aromatic carbocycles. The largest absolute Gasteiger partial charge is 0.304 e. The molecule has 1 amide bonds. The van der Waals surface area contributed by atoms with Crippen molar-refractivity contribution in [2.24, 2.45) is 4.99 Å². The SMILES string of the molecule is Cc1ccc(C)c(/C=C2/N=C(c3cccs3)NC2=O)c1. The van der Waals surface area contributed by atoms with Crippen molar-refractivity contribution in [1.82, 2.24) is 5.32 Å². The molecule has 0 saturated heterocycles. The molecule has 3 nitrogen and oxygen atoms in total. The molecule has 1 N–H and O–H groups in total. The highest BCUT2D eigenvalue weighted by atomic mass is 32.1. The minimum absolute atomic E-state index is 0.144. The molecule has 100 valence electrons. The maximum absolute atomic E-state index is 12.0. The van der Waals surface area contributed by atoms with Crippen LogP contribution in [0.3, 0.4) is 0 Å². The van der Waals surface area contributed by atoms with Crippen LogP contribution in [0.15, 0.2) is 46.4 Å². The summed E-state index contributed by atoms with van der Waals surface area (Å²) in [5, 5.41) is 4.78. The van der Waals surface area contributed by atoms with E-state index in [-0.39, 0.29) is 5.91 Å². The molecule has 4 heteroatoms. The zero-order chi connectivity index (χ0) is 14.1. The lowest BCUT2D eigenvalue weighted by molar-refractivity contribution is -0.115. The molecule has 0 spiro atoms. The molecule has 2 aromatic rings. The van der Waals surface area contributed by atoms with Gasteiger partial charge in [0.1, 0.15) is 5.70 Å². The first-order valence-electron chi connectivity index (χ1n) is 6.36. The van der Waals surface area contributed by atoms with Gasteiger partial charge in [0.25, 0.3) is 5.91 Å². The lowest BCUT2D eigenvalue weighted by Crippen LogP contribution is -2.23. The number of amidine groups is 1. The third-order valence-corrected chi connectivity index (χ3v) is 4.05. The molecule has 0 unspecified atom stereocenters. The van der Waals surface area contributed by atoms with Crippen LogP contribution in [-0.2, 0) is 4.79 Å². The predicted octanol–water partition coefficient (Wildman–Crippen LogP) is 3.28. The highest BCUT2D eigenvalue weighted by molar-refractivity contribution is 7.12. The van der Waals surface area contributed by atoms with Crippen LogP contribution >= 0.6 is 11.3 Å². The number of carbonyl (C=O) groups excluding carboxylic acids is 1. The summed E-state index contributed by atoms with van der Waals surface area (Å²) in [5.41, 5.74) is 3.80. The molecule has 0 saturated carbocycles. The Morgan fingerprint density at radius 1 is 1.25 bits per heavy atom. The van der Waals surface area contributed by atoms with Crippen molar-refractivity contribution >= 4 is 29.2 Å². The first kappa shape index (κ1) is 12.8. The second-order valence-corrected chi connectivity index (χ2v) is 5.73. The molecule has 1 aliphatic heterocycles. The number of nitrogens with one attached hydrogen (secondary N) is 1. The zero-order valence-electron chi connectivity index (χ0n) is 11.3. The fraction of sp³-hybridized carbons (Fsp3) is 0.125. The number of benzene rings is 1. The van der Waals surface area contributed by atoms with Gasteiger partial charge < -0.3 is 5.32 Å². The fourth-order valence-electron chi connectivity index (χ4n) is 2.06. The van der Waals surface area contributed by atoms with Crippen LogP contribution < -0.4 is 5.32 Å². The van der Waals surface area contributed by atoms with Crippen LogP contribution in [0.25, 0.3) is 6.08 Å². The molecule has 0 fully saturated rings. The summed E-state index contributed by atoms with van der Waals surface area (Å²) < 4.78 is 0. The highest BCUT2D eigenvalue weighted by Gasteiger charge is 2.21. The molecule has 0 radical (unpaired) electrons. The van der Waals surface area contributed by atoms with Crippen LogP contribution in [-0.4, -0.2) is 11.7 Å². The smallest absolute Gasteiger partial charge is 0.275 e. The molecule has 1 aliphatic rings. The van der Waals surface area contributed by atoms with Crippen molar-refractivity contribution in [3.05, 3.63) is 63.0 Å². The van der Waals surface area contributed by atoms with Crippen LogP contribution in [0.4, 0.5) is 0 Å². The summed E-state index contributed by atoms with van der Waals surface area (Å²) in [6.45, 7) is 4.07. The molecular formula is C16H14N2OS. The molecule has 0 bridgehead atoms. The Morgan fingerprint density at radius 2 is 2.10 bits per heavy atom. The number of rotatable bonds is 2. The monoisotopic (exact) mass is 282 g/mol. The van der Waals surface area contributed by atoms with E-state index in [1.165, 1.54) is 5.56 Å². The van der Waals surface area contributed by atoms with Gasteiger partial charge in [-0.3, -0.25) is 4.79 Å². The molecule has 3 rings (SSSR count). The standard InChI is InChI=1S/C16H14N2OS/c1-10-5-6-11(2)12(8-10)9-13-16(19)18-15(17-13)14-4-3-7-20-14/h3-9H,1-2H3,(H,17,18,19)/b13-9+. The summed E-state index contributed by atoms with van der Waals surface area (Å²) in [5.74, 6) is 0.496. The summed E-state index contributed by atoms with van der Waals surface area (Å²) in [6, 6.07) is 10.1. The van der Waals surface area contributed by atoms with E-state index in [2.05, 4.69) is 28.5 Å². The van der Waals surface area contributed by atoms with Crippen molar-refractivity contribution < 1.29 is 4.79 Å². The minimum atomic E-state index is -0.144. The summed E-state index contributed by atoms with van der Waals surface area (Å²) >= 11 is 1.56. The maximum atomic E-state index is 12.0. The van der Waals surface area contributed by atoms with Gasteiger partial charge in [-0.25, -0.2) is 4.99 Å². The Morgan fingerprint density at radius 3 is 2.85 bits per heavy atom. The van der Waals surface area contributed by atoms with Crippen molar-refractivity contribution in [2.75, 3.05) is 0 Å². The Labute approximate surface area is 121 Å².